The van der Waals surface area contributed by atoms with Gasteiger partial charge in [-0.3, -0.25) is 4.79 Å². The Morgan fingerprint density at radius 3 is 2.50 bits per heavy atom. The molecule has 0 saturated heterocycles. The summed E-state index contributed by atoms with van der Waals surface area (Å²) in [6.45, 7) is 3.89. The molecule has 0 atom stereocenters. The number of aromatic amines is 1. The molecule has 0 aliphatic heterocycles. The summed E-state index contributed by atoms with van der Waals surface area (Å²) in [5.41, 5.74) is 2.74. The van der Waals surface area contributed by atoms with Crippen LogP contribution in [0.2, 0.25) is 0 Å². The average Bonchev–Trinajstić information content (AvgIpc) is 2.42. The normalized spacial score (nSPS) is 10.7. The summed E-state index contributed by atoms with van der Waals surface area (Å²) < 4.78 is 5.89. The molecule has 3 rings (SSSR count). The van der Waals surface area contributed by atoms with Crippen LogP contribution in [-0.4, -0.2) is 4.98 Å². The predicted octanol–water partition coefficient (Wildman–Crippen LogP) is 3.94. The number of rotatable bonds is 2. The lowest BCUT2D eigenvalue weighted by atomic mass is 10.2. The van der Waals surface area contributed by atoms with E-state index in [1.165, 1.54) is 5.56 Å². The Morgan fingerprint density at radius 1 is 1.00 bits per heavy atom. The minimum absolute atomic E-state index is 0.00519. The Bertz CT molecular complexity index is 817. The largest absolute Gasteiger partial charge is 0.455 e. The van der Waals surface area contributed by atoms with Crippen molar-refractivity contribution in [3.63, 3.8) is 0 Å². The van der Waals surface area contributed by atoms with Crippen molar-refractivity contribution < 1.29 is 4.74 Å². The van der Waals surface area contributed by atoms with E-state index in [1.54, 1.807) is 12.1 Å². The first-order chi connectivity index (χ1) is 9.63. The van der Waals surface area contributed by atoms with Gasteiger partial charge in [-0.1, -0.05) is 23.8 Å². The molecule has 3 heteroatoms. The zero-order valence-corrected chi connectivity index (χ0v) is 11.4. The molecule has 2 aromatic carbocycles. The lowest BCUT2D eigenvalue weighted by molar-refractivity contribution is 0.487. The van der Waals surface area contributed by atoms with Gasteiger partial charge in [0.2, 0.25) is 0 Å². The Labute approximate surface area is 116 Å². The van der Waals surface area contributed by atoms with Crippen LogP contribution in [0.4, 0.5) is 0 Å². The van der Waals surface area contributed by atoms with E-state index >= 15 is 0 Å². The number of aromatic nitrogens is 1. The van der Waals surface area contributed by atoms with Crippen molar-refractivity contribution in [3.8, 4) is 11.5 Å². The Balaban J connectivity index is 2.12. The number of hydrogen-bond acceptors (Lipinski definition) is 2. The van der Waals surface area contributed by atoms with Gasteiger partial charge in [-0.2, -0.15) is 0 Å². The summed E-state index contributed by atoms with van der Waals surface area (Å²) in [5, 5.41) is 0.639. The zero-order valence-electron chi connectivity index (χ0n) is 11.4. The van der Waals surface area contributed by atoms with Gasteiger partial charge in [0, 0.05) is 17.1 Å². The number of nitrogens with one attached hydrogen (secondary N) is 1. The molecule has 3 nitrogen and oxygen atoms in total. The molecule has 0 unspecified atom stereocenters. The maximum atomic E-state index is 12.0. The number of aryl methyl sites for hydroxylation is 2. The average molecular weight is 265 g/mol. The van der Waals surface area contributed by atoms with Gasteiger partial charge in [-0.25, -0.2) is 0 Å². The predicted molar refractivity (Wildman–Crippen MR) is 80.6 cm³/mol. The zero-order chi connectivity index (χ0) is 14.1. The maximum absolute atomic E-state index is 12.0. The molecule has 0 radical (unpaired) electrons. The molecule has 1 heterocycles. The van der Waals surface area contributed by atoms with Gasteiger partial charge in [0.15, 0.2) is 11.2 Å². The topological polar surface area (TPSA) is 42.1 Å². The fourth-order valence-electron chi connectivity index (χ4n) is 2.19. The highest BCUT2D eigenvalue weighted by molar-refractivity contribution is 5.84. The third kappa shape index (κ3) is 2.30. The van der Waals surface area contributed by atoms with Crippen molar-refractivity contribution in [1.82, 2.24) is 4.98 Å². The summed E-state index contributed by atoms with van der Waals surface area (Å²) in [4.78, 5) is 15.2. The summed E-state index contributed by atoms with van der Waals surface area (Å²) >= 11 is 0. The van der Waals surface area contributed by atoms with E-state index in [2.05, 4.69) is 4.98 Å². The molecule has 0 saturated carbocycles. The van der Waals surface area contributed by atoms with Gasteiger partial charge in [0.25, 0.3) is 0 Å². The lowest BCUT2D eigenvalue weighted by Crippen LogP contribution is -2.03. The first kappa shape index (κ1) is 12.5. The van der Waals surface area contributed by atoms with Crippen LogP contribution in [0.25, 0.3) is 10.9 Å². The van der Waals surface area contributed by atoms with Crippen LogP contribution in [-0.2, 0) is 0 Å². The molecular formula is C17H15NO2. The van der Waals surface area contributed by atoms with Gasteiger partial charge >= 0.3 is 0 Å². The highest BCUT2D eigenvalue weighted by atomic mass is 16.5. The van der Waals surface area contributed by atoms with E-state index in [0.717, 1.165) is 17.0 Å². The summed E-state index contributed by atoms with van der Waals surface area (Å²) in [5.74, 6) is 1.41. The number of para-hydroxylation sites is 1. The quantitative estimate of drug-likeness (QED) is 0.762. The molecule has 0 aliphatic carbocycles. The Morgan fingerprint density at radius 2 is 1.75 bits per heavy atom. The maximum Gasteiger partial charge on any atom is 0.189 e. The smallest absolute Gasteiger partial charge is 0.189 e. The van der Waals surface area contributed by atoms with Gasteiger partial charge in [-0.05, 0) is 38.1 Å². The molecule has 0 aliphatic rings. The minimum Gasteiger partial charge on any atom is -0.455 e. The van der Waals surface area contributed by atoms with E-state index in [4.69, 9.17) is 4.74 Å². The van der Waals surface area contributed by atoms with E-state index in [0.29, 0.717) is 11.1 Å². The van der Waals surface area contributed by atoms with Crippen LogP contribution in [0.15, 0.2) is 53.3 Å². The summed E-state index contributed by atoms with van der Waals surface area (Å²) in [6, 6.07) is 14.9. The molecular weight excluding hydrogens is 250 g/mol. The highest BCUT2D eigenvalue weighted by Gasteiger charge is 2.07. The van der Waals surface area contributed by atoms with Gasteiger partial charge in [0.1, 0.15) is 5.75 Å². The minimum atomic E-state index is 0.00519. The first-order valence-corrected chi connectivity index (χ1v) is 6.51. The van der Waals surface area contributed by atoms with Crippen molar-refractivity contribution in [2.24, 2.45) is 0 Å². The SMILES string of the molecule is Cc1ccc(Oc2cccc3c(=O)cc(C)[nH]c23)cc1. The number of ether oxygens (including phenoxy) is 1. The molecule has 100 valence electrons. The molecule has 1 aromatic heterocycles. The van der Waals surface area contributed by atoms with E-state index in [9.17, 15) is 4.79 Å². The fraction of sp³-hybridized carbons (Fsp3) is 0.118. The standard InChI is InChI=1S/C17H15NO2/c1-11-6-8-13(9-7-11)20-16-5-3-4-14-15(19)10-12(2)18-17(14)16/h3-10H,1-2H3,(H,18,19). The number of H-pyrrole nitrogens is 1. The third-order valence-electron chi connectivity index (χ3n) is 3.21. The van der Waals surface area contributed by atoms with Crippen molar-refractivity contribution in [2.45, 2.75) is 13.8 Å². The van der Waals surface area contributed by atoms with Crippen molar-refractivity contribution in [1.29, 1.82) is 0 Å². The highest BCUT2D eigenvalue weighted by Crippen LogP contribution is 2.27. The first-order valence-electron chi connectivity index (χ1n) is 6.51. The summed E-state index contributed by atoms with van der Waals surface area (Å²) in [6.07, 6.45) is 0. The summed E-state index contributed by atoms with van der Waals surface area (Å²) in [7, 11) is 0. The number of pyridine rings is 1. The lowest BCUT2D eigenvalue weighted by Gasteiger charge is -2.09. The monoisotopic (exact) mass is 265 g/mol. The molecule has 3 aromatic rings. The molecule has 20 heavy (non-hydrogen) atoms. The number of fused-ring (bicyclic) bond motifs is 1. The molecule has 0 spiro atoms. The molecule has 1 N–H and O–H groups in total. The van der Waals surface area contributed by atoms with Gasteiger partial charge in [0.05, 0.1) is 5.52 Å². The van der Waals surface area contributed by atoms with E-state index in [1.807, 2.05) is 50.2 Å². The van der Waals surface area contributed by atoms with Crippen molar-refractivity contribution >= 4 is 10.9 Å². The molecule has 0 amide bonds. The van der Waals surface area contributed by atoms with Crippen LogP contribution in [0, 0.1) is 13.8 Å². The number of hydrogen-bond donors (Lipinski definition) is 1. The van der Waals surface area contributed by atoms with Crippen LogP contribution in [0.1, 0.15) is 11.3 Å². The van der Waals surface area contributed by atoms with Crippen LogP contribution < -0.4 is 10.2 Å². The van der Waals surface area contributed by atoms with Crippen molar-refractivity contribution in [2.75, 3.05) is 0 Å². The molecule has 0 fully saturated rings. The third-order valence-corrected chi connectivity index (χ3v) is 3.21. The Hall–Kier alpha value is -2.55. The second-order valence-electron chi connectivity index (χ2n) is 4.91. The second kappa shape index (κ2) is 4.85. The van der Waals surface area contributed by atoms with Gasteiger partial charge < -0.3 is 9.72 Å². The molecule has 0 bridgehead atoms. The van der Waals surface area contributed by atoms with Gasteiger partial charge in [-0.15, -0.1) is 0 Å². The second-order valence-corrected chi connectivity index (χ2v) is 4.91. The van der Waals surface area contributed by atoms with E-state index in [-0.39, 0.29) is 5.43 Å². The number of benzene rings is 2. The van der Waals surface area contributed by atoms with Crippen molar-refractivity contribution in [3.05, 3.63) is 70.0 Å². The fourth-order valence-corrected chi connectivity index (χ4v) is 2.19. The van der Waals surface area contributed by atoms with E-state index < -0.39 is 0 Å². The Kier molecular flexibility index (Phi) is 3.03. The van der Waals surface area contributed by atoms with Crippen LogP contribution in [0.5, 0.6) is 11.5 Å². The van der Waals surface area contributed by atoms with Crippen LogP contribution in [0.3, 0.4) is 0 Å². The van der Waals surface area contributed by atoms with Crippen LogP contribution >= 0.6 is 0 Å².